The minimum atomic E-state index is -0.201. The highest BCUT2D eigenvalue weighted by Crippen LogP contribution is 2.24. The van der Waals surface area contributed by atoms with E-state index in [9.17, 15) is 4.79 Å². The number of carbonyl (C=O) groups excluding carboxylic acids is 1. The van der Waals surface area contributed by atoms with E-state index in [2.05, 4.69) is 29.0 Å². The number of rotatable bonds is 6. The summed E-state index contributed by atoms with van der Waals surface area (Å²) >= 11 is 0. The van der Waals surface area contributed by atoms with Crippen LogP contribution in [-0.2, 0) is 9.53 Å². The molecule has 2 saturated heterocycles. The number of esters is 1. The van der Waals surface area contributed by atoms with Crippen LogP contribution in [0, 0.1) is 0 Å². The molecule has 2 fully saturated rings. The fourth-order valence-electron chi connectivity index (χ4n) is 3.58. The minimum absolute atomic E-state index is 0.137. The molecule has 0 saturated carbocycles. The Morgan fingerprint density at radius 1 is 1.38 bits per heavy atom. The second-order valence-corrected chi connectivity index (χ2v) is 6.48. The molecule has 0 bridgehead atoms. The number of carbonyl (C=O) groups is 1. The van der Waals surface area contributed by atoms with Gasteiger partial charge in [0, 0.05) is 31.7 Å². The van der Waals surface area contributed by atoms with E-state index in [1.165, 1.54) is 32.9 Å². The van der Waals surface area contributed by atoms with Gasteiger partial charge in [-0.15, -0.1) is 0 Å². The lowest BCUT2D eigenvalue weighted by molar-refractivity contribution is -0.144. The van der Waals surface area contributed by atoms with E-state index in [0.29, 0.717) is 12.1 Å². The molecule has 0 spiro atoms. The van der Waals surface area contributed by atoms with Crippen LogP contribution in [-0.4, -0.2) is 73.7 Å². The molecule has 122 valence electrons. The van der Waals surface area contributed by atoms with Gasteiger partial charge in [-0.1, -0.05) is 13.3 Å². The van der Waals surface area contributed by atoms with Crippen LogP contribution in [0.4, 0.5) is 0 Å². The summed E-state index contributed by atoms with van der Waals surface area (Å²) in [6.45, 7) is 9.48. The van der Waals surface area contributed by atoms with Crippen LogP contribution in [0.1, 0.15) is 39.5 Å². The molecule has 0 aromatic carbocycles. The predicted octanol–water partition coefficient (Wildman–Crippen LogP) is 1.09. The molecule has 0 radical (unpaired) electrons. The van der Waals surface area contributed by atoms with Gasteiger partial charge in [-0.3, -0.25) is 14.6 Å². The summed E-state index contributed by atoms with van der Waals surface area (Å²) in [5, 5.41) is 3.33. The van der Waals surface area contributed by atoms with Crippen LogP contribution in [0.5, 0.6) is 0 Å². The Morgan fingerprint density at radius 2 is 2.19 bits per heavy atom. The molecule has 5 nitrogen and oxygen atoms in total. The zero-order valence-corrected chi connectivity index (χ0v) is 13.8. The molecule has 3 atom stereocenters. The molecular formula is C16H31N3O2. The van der Waals surface area contributed by atoms with E-state index >= 15 is 0 Å². The Kier molecular flexibility index (Phi) is 6.45. The van der Waals surface area contributed by atoms with Crippen LogP contribution in [0.2, 0.25) is 0 Å². The average molecular weight is 297 g/mol. The number of hydrogen-bond acceptors (Lipinski definition) is 5. The van der Waals surface area contributed by atoms with Crippen molar-refractivity contribution in [3.8, 4) is 0 Å². The number of hydrogen-bond donors (Lipinski definition) is 1. The first-order valence-corrected chi connectivity index (χ1v) is 8.45. The number of methoxy groups -OCH3 is 1. The van der Waals surface area contributed by atoms with Gasteiger partial charge in [-0.2, -0.15) is 0 Å². The summed E-state index contributed by atoms with van der Waals surface area (Å²) in [6, 6.07) is 0.988. The van der Waals surface area contributed by atoms with Crippen molar-refractivity contribution >= 4 is 5.97 Å². The first kappa shape index (κ1) is 16.7. The third kappa shape index (κ3) is 4.41. The second kappa shape index (κ2) is 8.11. The van der Waals surface area contributed by atoms with Crippen molar-refractivity contribution in [2.24, 2.45) is 0 Å². The Labute approximate surface area is 129 Å². The molecule has 5 heteroatoms. The highest BCUT2D eigenvalue weighted by molar-refractivity contribution is 5.75. The highest BCUT2D eigenvalue weighted by atomic mass is 16.5. The van der Waals surface area contributed by atoms with E-state index in [0.717, 1.165) is 32.6 Å². The molecular weight excluding hydrogens is 266 g/mol. The lowest BCUT2D eigenvalue weighted by atomic mass is 9.97. The van der Waals surface area contributed by atoms with Crippen molar-refractivity contribution in [1.29, 1.82) is 0 Å². The van der Waals surface area contributed by atoms with Crippen LogP contribution in [0.25, 0.3) is 0 Å². The Hall–Kier alpha value is -0.650. The van der Waals surface area contributed by atoms with Crippen molar-refractivity contribution in [1.82, 2.24) is 15.1 Å². The maximum atomic E-state index is 12.0. The number of nitrogens with one attached hydrogen (secondary N) is 1. The van der Waals surface area contributed by atoms with E-state index in [4.69, 9.17) is 4.74 Å². The van der Waals surface area contributed by atoms with Crippen LogP contribution < -0.4 is 5.32 Å². The van der Waals surface area contributed by atoms with E-state index < -0.39 is 0 Å². The van der Waals surface area contributed by atoms with E-state index in [1.807, 2.05) is 0 Å². The maximum Gasteiger partial charge on any atom is 0.324 e. The lowest BCUT2D eigenvalue weighted by Crippen LogP contribution is -2.61. The fourth-order valence-corrected chi connectivity index (χ4v) is 3.58. The van der Waals surface area contributed by atoms with Crippen molar-refractivity contribution in [2.75, 3.05) is 39.8 Å². The van der Waals surface area contributed by atoms with Crippen molar-refractivity contribution in [2.45, 2.75) is 57.7 Å². The SMILES string of the molecule is CCCNC(CN1CC2CCCCN2CC1C)C(=O)OC. The van der Waals surface area contributed by atoms with Crippen molar-refractivity contribution in [3.05, 3.63) is 0 Å². The Balaban J connectivity index is 1.93. The number of piperidine rings is 1. The van der Waals surface area contributed by atoms with Gasteiger partial charge in [0.25, 0.3) is 0 Å². The standard InChI is InChI=1S/C16H31N3O2/c1-4-8-17-15(16(20)21-3)12-19-11-14-7-5-6-9-18(14)10-13(19)2/h13-15,17H,4-12H2,1-3H3. The quantitative estimate of drug-likeness (QED) is 0.744. The summed E-state index contributed by atoms with van der Waals surface area (Å²) in [4.78, 5) is 17.1. The molecule has 2 heterocycles. The number of nitrogens with zero attached hydrogens (tertiary/aromatic N) is 2. The first-order valence-electron chi connectivity index (χ1n) is 8.45. The molecule has 1 N–H and O–H groups in total. The summed E-state index contributed by atoms with van der Waals surface area (Å²) in [7, 11) is 1.48. The van der Waals surface area contributed by atoms with Crippen LogP contribution in [0.15, 0.2) is 0 Å². The van der Waals surface area contributed by atoms with Crippen molar-refractivity contribution < 1.29 is 9.53 Å². The lowest BCUT2D eigenvalue weighted by Gasteiger charge is -2.48. The Bertz CT molecular complexity index is 337. The highest BCUT2D eigenvalue weighted by Gasteiger charge is 2.34. The second-order valence-electron chi connectivity index (χ2n) is 6.48. The van der Waals surface area contributed by atoms with E-state index in [1.54, 1.807) is 0 Å². The third-order valence-corrected chi connectivity index (χ3v) is 4.86. The smallest absolute Gasteiger partial charge is 0.324 e. The summed E-state index contributed by atoms with van der Waals surface area (Å²) in [5.41, 5.74) is 0. The first-order chi connectivity index (χ1) is 10.2. The topological polar surface area (TPSA) is 44.8 Å². The Morgan fingerprint density at radius 3 is 2.90 bits per heavy atom. The fraction of sp³-hybridized carbons (Fsp3) is 0.938. The minimum Gasteiger partial charge on any atom is -0.468 e. The van der Waals surface area contributed by atoms with E-state index in [-0.39, 0.29) is 12.0 Å². The monoisotopic (exact) mass is 297 g/mol. The van der Waals surface area contributed by atoms with Gasteiger partial charge in [-0.25, -0.2) is 0 Å². The zero-order chi connectivity index (χ0) is 15.2. The van der Waals surface area contributed by atoms with Gasteiger partial charge in [0.05, 0.1) is 7.11 Å². The predicted molar refractivity (Wildman–Crippen MR) is 84.3 cm³/mol. The summed E-state index contributed by atoms with van der Waals surface area (Å²) in [6.07, 6.45) is 5.01. The molecule has 0 aromatic heterocycles. The zero-order valence-electron chi connectivity index (χ0n) is 13.8. The average Bonchev–Trinajstić information content (AvgIpc) is 2.51. The molecule has 0 aliphatic carbocycles. The van der Waals surface area contributed by atoms with Gasteiger partial charge in [0.1, 0.15) is 6.04 Å². The third-order valence-electron chi connectivity index (χ3n) is 4.86. The van der Waals surface area contributed by atoms with Gasteiger partial charge >= 0.3 is 5.97 Å². The molecule has 2 rings (SSSR count). The molecule has 0 amide bonds. The molecule has 0 aromatic rings. The summed E-state index contributed by atoms with van der Waals surface area (Å²) < 4.78 is 4.95. The molecule has 21 heavy (non-hydrogen) atoms. The van der Waals surface area contributed by atoms with Crippen LogP contribution in [0.3, 0.4) is 0 Å². The van der Waals surface area contributed by atoms with Crippen molar-refractivity contribution in [3.63, 3.8) is 0 Å². The molecule has 2 aliphatic heterocycles. The van der Waals surface area contributed by atoms with Gasteiger partial charge in [0.2, 0.25) is 0 Å². The van der Waals surface area contributed by atoms with Gasteiger partial charge in [-0.05, 0) is 39.3 Å². The van der Waals surface area contributed by atoms with Gasteiger partial charge < -0.3 is 10.1 Å². The van der Waals surface area contributed by atoms with Gasteiger partial charge in [0.15, 0.2) is 0 Å². The maximum absolute atomic E-state index is 12.0. The largest absolute Gasteiger partial charge is 0.468 e. The number of fused-ring (bicyclic) bond motifs is 1. The number of piperazine rings is 1. The normalized spacial score (nSPS) is 28.9. The van der Waals surface area contributed by atoms with Crippen LogP contribution >= 0.6 is 0 Å². The molecule has 2 aliphatic rings. The molecule has 3 unspecified atom stereocenters. The summed E-state index contributed by atoms with van der Waals surface area (Å²) in [5.74, 6) is -0.137. The number of ether oxygens (including phenoxy) is 1.